The van der Waals surface area contributed by atoms with Gasteiger partial charge in [-0.05, 0) is 0 Å². The van der Waals surface area contributed by atoms with Gasteiger partial charge in [-0.1, -0.05) is 0 Å². The van der Waals surface area contributed by atoms with E-state index < -0.39 is 42.5 Å². The zero-order chi connectivity index (χ0) is 15.3. The van der Waals surface area contributed by atoms with Crippen LogP contribution in [0.4, 0.5) is 0 Å². The van der Waals surface area contributed by atoms with Crippen molar-refractivity contribution >= 4 is 17.9 Å². The summed E-state index contributed by atoms with van der Waals surface area (Å²) in [6.45, 7) is 3.59. The Balaban J connectivity index is 2.95. The third kappa shape index (κ3) is 4.46. The molecule has 1 rings (SSSR count). The van der Waals surface area contributed by atoms with Crippen LogP contribution in [0.25, 0.3) is 0 Å². The summed E-state index contributed by atoms with van der Waals surface area (Å²) < 4.78 is 25.5. The van der Waals surface area contributed by atoms with Crippen LogP contribution < -0.4 is 0 Å². The molecule has 20 heavy (non-hydrogen) atoms. The lowest BCUT2D eigenvalue weighted by Crippen LogP contribution is -2.57. The molecule has 1 aliphatic rings. The van der Waals surface area contributed by atoms with E-state index in [0.717, 1.165) is 0 Å². The van der Waals surface area contributed by atoms with Crippen molar-refractivity contribution in [3.05, 3.63) is 0 Å². The number of carbonyl (C=O) groups is 3. The number of hydrogen-bond acceptors (Lipinski definition) is 8. The normalized spacial score (nSPS) is 29.4. The smallest absolute Gasteiger partial charge is 0.303 e. The van der Waals surface area contributed by atoms with Gasteiger partial charge in [-0.25, -0.2) is 0 Å². The minimum atomic E-state index is -1.01. The second-order valence-corrected chi connectivity index (χ2v) is 4.23. The van der Waals surface area contributed by atoms with Gasteiger partial charge in [0.15, 0.2) is 24.6 Å². The first-order chi connectivity index (χ1) is 9.35. The van der Waals surface area contributed by atoms with Crippen molar-refractivity contribution < 1.29 is 38.1 Å². The summed E-state index contributed by atoms with van der Waals surface area (Å²) in [6.07, 6.45) is -3.78. The van der Waals surface area contributed by atoms with E-state index in [1.807, 2.05) is 0 Å². The van der Waals surface area contributed by atoms with E-state index in [2.05, 4.69) is 0 Å². The largest absolute Gasteiger partial charge is 0.456 e. The molecule has 0 aromatic rings. The van der Waals surface area contributed by atoms with E-state index in [1.54, 1.807) is 0 Å². The van der Waals surface area contributed by atoms with Gasteiger partial charge in [-0.2, -0.15) is 0 Å². The topological polar surface area (TPSA) is 97.4 Å². The number of hydrogen-bond donors (Lipinski definition) is 0. The summed E-state index contributed by atoms with van der Waals surface area (Å²) in [6, 6.07) is 0. The van der Waals surface area contributed by atoms with Gasteiger partial charge in [0.2, 0.25) is 0 Å². The highest BCUT2D eigenvalue weighted by atomic mass is 16.7. The molecule has 0 saturated carbocycles. The number of rotatable bonds is 4. The summed E-state index contributed by atoms with van der Waals surface area (Å²) in [5.41, 5.74) is 0. The molecule has 4 atom stereocenters. The fraction of sp³-hybridized carbons (Fsp3) is 0.750. The molecule has 1 aliphatic heterocycles. The van der Waals surface area contributed by atoms with Crippen molar-refractivity contribution in [2.75, 3.05) is 13.7 Å². The van der Waals surface area contributed by atoms with Crippen LogP contribution >= 0.6 is 0 Å². The summed E-state index contributed by atoms with van der Waals surface area (Å²) in [5.74, 6) is -1.75. The molecule has 0 amide bonds. The predicted octanol–water partition coefficient (Wildman–Crippen LogP) is -0.216. The van der Waals surface area contributed by atoms with Gasteiger partial charge in [0.25, 0.3) is 0 Å². The highest BCUT2D eigenvalue weighted by molar-refractivity contribution is 5.68. The van der Waals surface area contributed by atoms with Crippen LogP contribution in [0.3, 0.4) is 0 Å². The van der Waals surface area contributed by atoms with Crippen LogP contribution in [0, 0.1) is 0 Å². The van der Waals surface area contributed by atoms with Crippen molar-refractivity contribution in [1.29, 1.82) is 0 Å². The minimum absolute atomic E-state index is 0.0339. The Bertz CT molecular complexity index is 380. The Kier molecular flexibility index (Phi) is 5.90. The Morgan fingerprint density at radius 1 is 0.900 bits per heavy atom. The summed E-state index contributed by atoms with van der Waals surface area (Å²) >= 11 is 0. The highest BCUT2D eigenvalue weighted by Gasteiger charge is 2.47. The number of carbonyl (C=O) groups excluding carboxylic acids is 3. The van der Waals surface area contributed by atoms with Crippen molar-refractivity contribution in [2.45, 2.75) is 45.4 Å². The third-order valence-corrected chi connectivity index (χ3v) is 2.54. The second-order valence-electron chi connectivity index (χ2n) is 4.23. The zero-order valence-electron chi connectivity index (χ0n) is 11.8. The summed E-state index contributed by atoms with van der Waals surface area (Å²) in [7, 11) is 1.36. The molecule has 1 saturated heterocycles. The van der Waals surface area contributed by atoms with E-state index in [-0.39, 0.29) is 6.61 Å². The Hall–Kier alpha value is -1.67. The lowest BCUT2D eigenvalue weighted by Gasteiger charge is -2.39. The van der Waals surface area contributed by atoms with Gasteiger partial charge in [-0.3, -0.25) is 14.4 Å². The lowest BCUT2D eigenvalue weighted by molar-refractivity contribution is -0.274. The van der Waals surface area contributed by atoms with Crippen molar-refractivity contribution in [3.8, 4) is 0 Å². The highest BCUT2D eigenvalue weighted by Crippen LogP contribution is 2.24. The average molecular weight is 290 g/mol. The SMILES string of the molecule is CO[C@@H]1OC[C@@H](OC(C)=O)[C@@H](OC(C)=O)[C@@H]1OC(C)=O. The van der Waals surface area contributed by atoms with E-state index in [1.165, 1.54) is 27.9 Å². The molecular weight excluding hydrogens is 272 g/mol. The maximum atomic E-state index is 11.2. The molecular formula is C12H18O8. The van der Waals surface area contributed by atoms with Crippen LogP contribution in [0.15, 0.2) is 0 Å². The number of methoxy groups -OCH3 is 1. The van der Waals surface area contributed by atoms with Crippen LogP contribution in [0.2, 0.25) is 0 Å². The fourth-order valence-electron chi connectivity index (χ4n) is 1.91. The molecule has 0 bridgehead atoms. The maximum absolute atomic E-state index is 11.2. The molecule has 0 aliphatic carbocycles. The zero-order valence-corrected chi connectivity index (χ0v) is 11.8. The predicted molar refractivity (Wildman–Crippen MR) is 63.4 cm³/mol. The quantitative estimate of drug-likeness (QED) is 0.518. The monoisotopic (exact) mass is 290 g/mol. The molecule has 1 heterocycles. The van der Waals surface area contributed by atoms with Crippen LogP contribution in [-0.4, -0.2) is 56.2 Å². The van der Waals surface area contributed by atoms with Gasteiger partial charge >= 0.3 is 17.9 Å². The molecule has 0 radical (unpaired) electrons. The summed E-state index contributed by atoms with van der Waals surface area (Å²) in [5, 5.41) is 0. The minimum Gasteiger partial charge on any atom is -0.456 e. The molecule has 1 fully saturated rings. The molecule has 8 heteroatoms. The standard InChI is InChI=1S/C12H18O8/c1-6(13)18-9-5-17-12(16-4)11(20-8(3)15)10(9)19-7(2)14/h9-12H,5H2,1-4H3/t9-,10-,11+,12-/m1/s1. The number of ether oxygens (including phenoxy) is 5. The fourth-order valence-corrected chi connectivity index (χ4v) is 1.91. The van der Waals surface area contributed by atoms with Crippen molar-refractivity contribution in [1.82, 2.24) is 0 Å². The van der Waals surface area contributed by atoms with Crippen molar-refractivity contribution in [2.24, 2.45) is 0 Å². The van der Waals surface area contributed by atoms with Gasteiger partial charge in [0.05, 0.1) is 6.61 Å². The van der Waals surface area contributed by atoms with Gasteiger partial charge < -0.3 is 23.7 Å². The Morgan fingerprint density at radius 3 is 1.85 bits per heavy atom. The van der Waals surface area contributed by atoms with Gasteiger partial charge in [0.1, 0.15) is 0 Å². The van der Waals surface area contributed by atoms with Crippen LogP contribution in [0.1, 0.15) is 20.8 Å². The molecule has 8 nitrogen and oxygen atoms in total. The first kappa shape index (κ1) is 16.4. The Labute approximate surface area is 116 Å². The van der Waals surface area contributed by atoms with Gasteiger partial charge in [-0.15, -0.1) is 0 Å². The van der Waals surface area contributed by atoms with Crippen molar-refractivity contribution in [3.63, 3.8) is 0 Å². The first-order valence-electron chi connectivity index (χ1n) is 6.01. The molecule has 0 unspecified atom stereocenters. The molecule has 0 aromatic heterocycles. The molecule has 114 valence electrons. The Morgan fingerprint density at radius 2 is 1.40 bits per heavy atom. The lowest BCUT2D eigenvalue weighted by atomic mass is 10.0. The average Bonchev–Trinajstić information content (AvgIpc) is 2.31. The third-order valence-electron chi connectivity index (χ3n) is 2.54. The van der Waals surface area contributed by atoms with E-state index in [4.69, 9.17) is 23.7 Å². The van der Waals surface area contributed by atoms with Crippen LogP contribution in [0.5, 0.6) is 0 Å². The number of esters is 3. The molecule has 0 N–H and O–H groups in total. The van der Waals surface area contributed by atoms with E-state index in [0.29, 0.717) is 0 Å². The first-order valence-corrected chi connectivity index (χ1v) is 6.01. The maximum Gasteiger partial charge on any atom is 0.303 e. The van der Waals surface area contributed by atoms with E-state index in [9.17, 15) is 14.4 Å². The molecule has 0 aromatic carbocycles. The van der Waals surface area contributed by atoms with E-state index >= 15 is 0 Å². The van der Waals surface area contributed by atoms with Gasteiger partial charge in [0, 0.05) is 27.9 Å². The molecule has 0 spiro atoms. The summed E-state index contributed by atoms with van der Waals surface area (Å²) in [4.78, 5) is 33.4. The second kappa shape index (κ2) is 7.20. The van der Waals surface area contributed by atoms with Crippen LogP contribution in [-0.2, 0) is 38.1 Å².